The number of hydrogen-bond acceptors (Lipinski definition) is 3. The molecule has 5 nitrogen and oxygen atoms in total. The summed E-state index contributed by atoms with van der Waals surface area (Å²) in [6.45, 7) is 1.79. The molecule has 7 heteroatoms. The number of carbonyl (C=O) groups is 1. The first-order valence-electron chi connectivity index (χ1n) is 6.34. The molecule has 0 aliphatic heterocycles. The van der Waals surface area contributed by atoms with Crippen LogP contribution in [0, 0.1) is 27.7 Å². The minimum absolute atomic E-state index is 0.169. The van der Waals surface area contributed by atoms with Crippen LogP contribution in [0.4, 0.5) is 14.5 Å². The zero-order valence-corrected chi connectivity index (χ0v) is 10.9. The van der Waals surface area contributed by atoms with E-state index < -0.39 is 33.7 Å². The first-order valence-corrected chi connectivity index (χ1v) is 6.34. The summed E-state index contributed by atoms with van der Waals surface area (Å²) in [5, 5.41) is 13.2. The molecule has 1 unspecified atom stereocenters. The number of nitrogens with one attached hydrogen (secondary N) is 1. The first-order chi connectivity index (χ1) is 9.40. The highest BCUT2D eigenvalue weighted by Gasteiger charge is 2.28. The fraction of sp³-hybridized carbons (Fsp3) is 0.462. The quantitative estimate of drug-likeness (QED) is 0.682. The van der Waals surface area contributed by atoms with E-state index in [0.29, 0.717) is 18.1 Å². The van der Waals surface area contributed by atoms with E-state index in [2.05, 4.69) is 5.32 Å². The van der Waals surface area contributed by atoms with Gasteiger partial charge in [-0.3, -0.25) is 14.9 Å². The number of hydrogen-bond donors (Lipinski definition) is 1. The van der Waals surface area contributed by atoms with E-state index in [-0.39, 0.29) is 6.04 Å². The molecule has 1 aliphatic carbocycles. The molecule has 2 rings (SSSR count). The fourth-order valence-electron chi connectivity index (χ4n) is 2.22. The molecule has 1 aliphatic rings. The summed E-state index contributed by atoms with van der Waals surface area (Å²) in [4.78, 5) is 21.5. The van der Waals surface area contributed by atoms with Gasteiger partial charge in [0.15, 0.2) is 0 Å². The average molecular weight is 284 g/mol. The maximum absolute atomic E-state index is 13.8. The van der Waals surface area contributed by atoms with Gasteiger partial charge in [-0.1, -0.05) is 6.42 Å². The van der Waals surface area contributed by atoms with Crippen molar-refractivity contribution in [2.75, 3.05) is 0 Å². The number of rotatable bonds is 4. The van der Waals surface area contributed by atoms with Gasteiger partial charge in [-0.15, -0.1) is 0 Å². The molecule has 1 aromatic carbocycles. The molecule has 0 saturated heterocycles. The summed E-state index contributed by atoms with van der Waals surface area (Å²) in [7, 11) is 0. The van der Waals surface area contributed by atoms with Crippen LogP contribution in [0.1, 0.15) is 36.5 Å². The van der Waals surface area contributed by atoms with Crippen LogP contribution in [0.15, 0.2) is 12.1 Å². The van der Waals surface area contributed by atoms with E-state index in [1.165, 1.54) is 0 Å². The van der Waals surface area contributed by atoms with Gasteiger partial charge in [0.1, 0.15) is 5.82 Å². The van der Waals surface area contributed by atoms with Crippen LogP contribution in [0.2, 0.25) is 0 Å². The molecule has 1 atom stereocenters. The van der Waals surface area contributed by atoms with E-state index >= 15 is 0 Å². The fourth-order valence-corrected chi connectivity index (χ4v) is 2.22. The van der Waals surface area contributed by atoms with Gasteiger partial charge in [0.2, 0.25) is 5.82 Å². The van der Waals surface area contributed by atoms with Crippen molar-refractivity contribution in [3.8, 4) is 0 Å². The zero-order valence-electron chi connectivity index (χ0n) is 10.9. The van der Waals surface area contributed by atoms with Crippen molar-refractivity contribution in [1.29, 1.82) is 0 Å². The van der Waals surface area contributed by atoms with Crippen LogP contribution >= 0.6 is 0 Å². The lowest BCUT2D eigenvalue weighted by Gasteiger charge is -2.31. The Bertz CT molecular complexity index is 559. The second-order valence-corrected chi connectivity index (χ2v) is 5.00. The van der Waals surface area contributed by atoms with Gasteiger partial charge in [0.25, 0.3) is 5.91 Å². The number of nitro benzene ring substituents is 1. The Morgan fingerprint density at radius 2 is 2.10 bits per heavy atom. The van der Waals surface area contributed by atoms with E-state index in [4.69, 9.17) is 0 Å². The van der Waals surface area contributed by atoms with E-state index in [1.54, 1.807) is 6.92 Å². The molecule has 0 radical (unpaired) electrons. The van der Waals surface area contributed by atoms with E-state index in [1.807, 2.05) is 0 Å². The molecule has 0 bridgehead atoms. The highest BCUT2D eigenvalue weighted by atomic mass is 19.1. The third kappa shape index (κ3) is 2.76. The lowest BCUT2D eigenvalue weighted by molar-refractivity contribution is -0.387. The van der Waals surface area contributed by atoms with Crippen molar-refractivity contribution in [3.63, 3.8) is 0 Å². The Balaban J connectivity index is 2.22. The van der Waals surface area contributed by atoms with Crippen LogP contribution in [0.25, 0.3) is 0 Å². The molecular weight excluding hydrogens is 270 g/mol. The summed E-state index contributed by atoms with van der Waals surface area (Å²) in [5.41, 5.74) is -1.67. The van der Waals surface area contributed by atoms with E-state index in [9.17, 15) is 23.7 Å². The Morgan fingerprint density at radius 1 is 1.45 bits per heavy atom. The third-order valence-corrected chi connectivity index (χ3v) is 3.68. The minimum atomic E-state index is -1.31. The number of nitrogens with zero attached hydrogens (tertiary/aromatic N) is 1. The summed E-state index contributed by atoms with van der Waals surface area (Å²) < 4.78 is 27.1. The Kier molecular flexibility index (Phi) is 3.96. The molecular formula is C13H14F2N2O3. The predicted molar refractivity (Wildman–Crippen MR) is 67.3 cm³/mol. The summed E-state index contributed by atoms with van der Waals surface area (Å²) in [5.74, 6) is -2.83. The molecule has 1 amide bonds. The lowest BCUT2D eigenvalue weighted by Crippen LogP contribution is -2.41. The Labute approximate surface area is 114 Å². The van der Waals surface area contributed by atoms with Crippen LogP contribution in [-0.2, 0) is 0 Å². The second kappa shape index (κ2) is 5.52. The topological polar surface area (TPSA) is 72.2 Å². The molecule has 1 aromatic rings. The number of halogens is 2. The number of carbonyl (C=O) groups excluding carboxylic acids is 1. The van der Waals surface area contributed by atoms with Crippen molar-refractivity contribution in [3.05, 3.63) is 39.4 Å². The first kappa shape index (κ1) is 14.4. The predicted octanol–water partition coefficient (Wildman–Crippen LogP) is 2.79. The van der Waals surface area contributed by atoms with Crippen LogP contribution < -0.4 is 5.32 Å². The third-order valence-electron chi connectivity index (χ3n) is 3.68. The molecule has 0 spiro atoms. The van der Waals surface area contributed by atoms with Gasteiger partial charge in [-0.25, -0.2) is 4.39 Å². The van der Waals surface area contributed by atoms with Gasteiger partial charge in [0, 0.05) is 6.04 Å². The maximum atomic E-state index is 13.8. The molecule has 0 heterocycles. The standard InChI is InChI=1S/C13H14F2N2O3/c1-7(8-3-2-4-8)16-13(18)10-5-9(14)6-11(12(10)15)17(19)20/h5-8H,2-4H2,1H3,(H,16,18). The smallest absolute Gasteiger partial charge is 0.308 e. The molecule has 0 aromatic heterocycles. The van der Waals surface area contributed by atoms with Gasteiger partial charge in [-0.2, -0.15) is 4.39 Å². The highest BCUT2D eigenvalue weighted by molar-refractivity contribution is 5.95. The molecule has 108 valence electrons. The lowest BCUT2D eigenvalue weighted by atomic mass is 9.80. The van der Waals surface area contributed by atoms with Gasteiger partial charge in [0.05, 0.1) is 16.6 Å². The summed E-state index contributed by atoms with van der Waals surface area (Å²) in [6, 6.07) is 0.963. The maximum Gasteiger partial charge on any atom is 0.308 e. The van der Waals surface area contributed by atoms with Gasteiger partial charge >= 0.3 is 5.69 Å². The van der Waals surface area contributed by atoms with Crippen LogP contribution in [-0.4, -0.2) is 16.9 Å². The largest absolute Gasteiger partial charge is 0.349 e. The summed E-state index contributed by atoms with van der Waals surface area (Å²) in [6.07, 6.45) is 3.05. The monoisotopic (exact) mass is 284 g/mol. The zero-order chi connectivity index (χ0) is 14.9. The van der Waals surface area contributed by atoms with Gasteiger partial charge in [-0.05, 0) is 31.7 Å². The SMILES string of the molecule is CC(NC(=O)c1cc(F)cc([N+](=O)[O-])c1F)C1CCC1. The highest BCUT2D eigenvalue weighted by Crippen LogP contribution is 2.30. The number of amides is 1. The van der Waals surface area contributed by atoms with Crippen LogP contribution in [0.3, 0.4) is 0 Å². The molecule has 1 saturated carbocycles. The molecule has 20 heavy (non-hydrogen) atoms. The van der Waals surface area contributed by atoms with E-state index in [0.717, 1.165) is 19.3 Å². The van der Waals surface area contributed by atoms with Crippen molar-refractivity contribution < 1.29 is 18.5 Å². The van der Waals surface area contributed by atoms with Crippen molar-refractivity contribution in [2.45, 2.75) is 32.2 Å². The Hall–Kier alpha value is -2.05. The second-order valence-electron chi connectivity index (χ2n) is 5.00. The van der Waals surface area contributed by atoms with Crippen molar-refractivity contribution >= 4 is 11.6 Å². The van der Waals surface area contributed by atoms with Gasteiger partial charge < -0.3 is 5.32 Å². The van der Waals surface area contributed by atoms with Crippen molar-refractivity contribution in [1.82, 2.24) is 5.32 Å². The number of benzene rings is 1. The van der Waals surface area contributed by atoms with Crippen LogP contribution in [0.5, 0.6) is 0 Å². The van der Waals surface area contributed by atoms with Crippen molar-refractivity contribution in [2.24, 2.45) is 5.92 Å². The average Bonchev–Trinajstić information content (AvgIpc) is 2.28. The minimum Gasteiger partial charge on any atom is -0.349 e. The normalized spacial score (nSPS) is 16.4. The molecule has 1 N–H and O–H groups in total. The Morgan fingerprint density at radius 3 is 2.60 bits per heavy atom. The summed E-state index contributed by atoms with van der Waals surface area (Å²) >= 11 is 0. The number of nitro groups is 1. The molecule has 1 fully saturated rings.